The molecule has 1 N–H and O–H groups in total. The molecule has 1 fully saturated rings. The second-order valence-corrected chi connectivity index (χ2v) is 12.8. The van der Waals surface area contributed by atoms with E-state index in [4.69, 9.17) is 4.74 Å². The first-order valence-electron chi connectivity index (χ1n) is 14.7. The van der Waals surface area contributed by atoms with Crippen molar-refractivity contribution in [2.75, 3.05) is 17.5 Å². The zero-order valence-electron chi connectivity index (χ0n) is 25.0. The summed E-state index contributed by atoms with van der Waals surface area (Å²) in [6, 6.07) is 17.6. The predicted octanol–water partition coefficient (Wildman–Crippen LogP) is 5.59. The molecule has 0 unspecified atom stereocenters. The number of ether oxygens (including phenoxy) is 1. The van der Waals surface area contributed by atoms with Crippen LogP contribution in [0.15, 0.2) is 77.7 Å². The summed E-state index contributed by atoms with van der Waals surface area (Å²) in [5.74, 6) is -0.879. The van der Waals surface area contributed by atoms with Gasteiger partial charge in [-0.3, -0.25) is 13.9 Å². The van der Waals surface area contributed by atoms with Gasteiger partial charge in [0.1, 0.15) is 24.2 Å². The van der Waals surface area contributed by atoms with Gasteiger partial charge < -0.3 is 15.0 Å². The molecule has 0 aromatic heterocycles. The molecule has 0 spiro atoms. The standard InChI is InChI=1S/C33H40FN3O5S/c1-4-42-30-18-20-31(21-19-30)43(40,41)37(29-16-14-27(34)15-17-29)23-32(38)36(22-26-12-10-24(2)11-13-26)25(3)33(39)35-28-8-6-5-7-9-28/h10-21,25,28H,4-9,22-23H2,1-3H3,(H,35,39)/t25-/m1/s1. The van der Waals surface area contributed by atoms with Gasteiger partial charge in [-0.15, -0.1) is 0 Å². The molecule has 2 amide bonds. The molecule has 0 radical (unpaired) electrons. The van der Waals surface area contributed by atoms with Crippen LogP contribution >= 0.6 is 0 Å². The van der Waals surface area contributed by atoms with Gasteiger partial charge in [-0.05, 0) is 87.7 Å². The molecule has 1 aliphatic rings. The van der Waals surface area contributed by atoms with Crippen molar-refractivity contribution in [1.29, 1.82) is 0 Å². The van der Waals surface area contributed by atoms with Crippen LogP contribution in [0, 0.1) is 12.7 Å². The molecule has 1 atom stereocenters. The largest absolute Gasteiger partial charge is 0.494 e. The molecule has 1 aliphatic carbocycles. The van der Waals surface area contributed by atoms with Crippen LogP contribution in [0.5, 0.6) is 5.75 Å². The number of nitrogens with one attached hydrogen (secondary N) is 1. The maximum absolute atomic E-state index is 14.1. The maximum atomic E-state index is 14.1. The number of hydrogen-bond acceptors (Lipinski definition) is 5. The van der Waals surface area contributed by atoms with Gasteiger partial charge in [-0.1, -0.05) is 49.1 Å². The van der Waals surface area contributed by atoms with Crippen LogP contribution < -0.4 is 14.4 Å². The van der Waals surface area contributed by atoms with Crippen molar-refractivity contribution in [2.45, 2.75) is 76.4 Å². The van der Waals surface area contributed by atoms with Crippen molar-refractivity contribution >= 4 is 27.5 Å². The zero-order valence-corrected chi connectivity index (χ0v) is 25.8. The highest BCUT2D eigenvalue weighted by atomic mass is 32.2. The first kappa shape index (κ1) is 32.0. The summed E-state index contributed by atoms with van der Waals surface area (Å²) in [5.41, 5.74) is 1.98. The Balaban J connectivity index is 1.66. The molecule has 0 saturated heterocycles. The molecule has 10 heteroatoms. The number of amides is 2. The Kier molecular flexibility index (Phi) is 10.8. The van der Waals surface area contributed by atoms with E-state index >= 15 is 0 Å². The third-order valence-corrected chi connectivity index (χ3v) is 9.50. The van der Waals surface area contributed by atoms with Crippen LogP contribution in [0.1, 0.15) is 57.1 Å². The molecule has 0 bridgehead atoms. The molecule has 4 rings (SSSR count). The monoisotopic (exact) mass is 609 g/mol. The van der Waals surface area contributed by atoms with Gasteiger partial charge in [0, 0.05) is 12.6 Å². The summed E-state index contributed by atoms with van der Waals surface area (Å²) in [5, 5.41) is 3.09. The summed E-state index contributed by atoms with van der Waals surface area (Å²) >= 11 is 0. The quantitative estimate of drug-likeness (QED) is 0.289. The lowest BCUT2D eigenvalue weighted by atomic mass is 9.95. The van der Waals surface area contributed by atoms with Crippen LogP contribution in [0.4, 0.5) is 10.1 Å². The Bertz CT molecular complexity index is 1470. The van der Waals surface area contributed by atoms with Gasteiger partial charge in [-0.2, -0.15) is 0 Å². The van der Waals surface area contributed by atoms with Crippen molar-refractivity contribution in [1.82, 2.24) is 10.2 Å². The Morgan fingerprint density at radius 3 is 2.19 bits per heavy atom. The van der Waals surface area contributed by atoms with E-state index in [2.05, 4.69) is 5.32 Å². The lowest BCUT2D eigenvalue weighted by molar-refractivity contribution is -0.139. The minimum atomic E-state index is -4.27. The summed E-state index contributed by atoms with van der Waals surface area (Å²) < 4.78 is 48.1. The zero-order chi connectivity index (χ0) is 31.0. The first-order valence-corrected chi connectivity index (χ1v) is 16.2. The normalized spacial score (nSPS) is 14.5. The molecule has 3 aromatic carbocycles. The molecular formula is C33H40FN3O5S. The van der Waals surface area contributed by atoms with Crippen molar-refractivity contribution in [3.05, 3.63) is 89.7 Å². The second kappa shape index (κ2) is 14.5. The summed E-state index contributed by atoms with van der Waals surface area (Å²) in [6.07, 6.45) is 5.01. The van der Waals surface area contributed by atoms with Crippen molar-refractivity contribution in [3.63, 3.8) is 0 Å². The fourth-order valence-corrected chi connectivity index (χ4v) is 6.59. The summed E-state index contributed by atoms with van der Waals surface area (Å²) in [6.45, 7) is 5.39. The number of nitrogens with zero attached hydrogens (tertiary/aromatic N) is 2. The summed E-state index contributed by atoms with van der Waals surface area (Å²) in [4.78, 5) is 28.8. The van der Waals surface area contributed by atoms with Gasteiger partial charge >= 0.3 is 0 Å². The van der Waals surface area contributed by atoms with Crippen LogP contribution in [-0.4, -0.2) is 50.4 Å². The van der Waals surface area contributed by atoms with Gasteiger partial charge in [0.2, 0.25) is 11.8 Å². The van der Waals surface area contributed by atoms with Crippen LogP contribution in [0.3, 0.4) is 0 Å². The van der Waals surface area contributed by atoms with Crippen LogP contribution in [0.2, 0.25) is 0 Å². The first-order chi connectivity index (χ1) is 20.6. The highest BCUT2D eigenvalue weighted by molar-refractivity contribution is 7.92. The molecular weight excluding hydrogens is 569 g/mol. The number of hydrogen-bond donors (Lipinski definition) is 1. The smallest absolute Gasteiger partial charge is 0.264 e. The molecule has 43 heavy (non-hydrogen) atoms. The maximum Gasteiger partial charge on any atom is 0.264 e. The van der Waals surface area contributed by atoms with Crippen molar-refractivity contribution < 1.29 is 27.1 Å². The molecule has 0 heterocycles. The third kappa shape index (κ3) is 8.34. The van der Waals surface area contributed by atoms with Crippen molar-refractivity contribution in [3.8, 4) is 5.75 Å². The Morgan fingerprint density at radius 1 is 0.953 bits per heavy atom. The number of carbonyl (C=O) groups excluding carboxylic acids is 2. The lowest BCUT2D eigenvalue weighted by Gasteiger charge is -2.33. The van der Waals surface area contributed by atoms with E-state index in [1.54, 1.807) is 19.1 Å². The van der Waals surface area contributed by atoms with Gasteiger partial charge in [0.05, 0.1) is 17.2 Å². The number of sulfonamides is 1. The van der Waals surface area contributed by atoms with Gasteiger partial charge in [0.15, 0.2) is 0 Å². The lowest BCUT2D eigenvalue weighted by Crippen LogP contribution is -2.53. The topological polar surface area (TPSA) is 96.0 Å². The minimum Gasteiger partial charge on any atom is -0.494 e. The number of carbonyl (C=O) groups is 2. The van der Waals surface area contributed by atoms with E-state index in [0.29, 0.717) is 12.4 Å². The second-order valence-electron chi connectivity index (χ2n) is 10.9. The van der Waals surface area contributed by atoms with Gasteiger partial charge in [-0.25, -0.2) is 12.8 Å². The fraction of sp³-hybridized carbons (Fsp3) is 0.394. The number of rotatable bonds is 12. The minimum absolute atomic E-state index is 0.0516. The average Bonchev–Trinajstić information content (AvgIpc) is 3.00. The van der Waals surface area contributed by atoms with E-state index < -0.39 is 34.3 Å². The highest BCUT2D eigenvalue weighted by Crippen LogP contribution is 2.26. The molecule has 0 aliphatic heterocycles. The van der Waals surface area contributed by atoms with E-state index in [9.17, 15) is 22.4 Å². The third-order valence-electron chi connectivity index (χ3n) is 7.71. The molecule has 3 aromatic rings. The Labute approximate surface area is 253 Å². The van der Waals surface area contributed by atoms with E-state index in [1.165, 1.54) is 29.2 Å². The fourth-order valence-electron chi connectivity index (χ4n) is 5.18. The number of halogens is 1. The predicted molar refractivity (Wildman–Crippen MR) is 165 cm³/mol. The Morgan fingerprint density at radius 2 is 1.58 bits per heavy atom. The molecule has 8 nitrogen and oxygen atoms in total. The number of benzene rings is 3. The van der Waals surface area contributed by atoms with Crippen LogP contribution in [-0.2, 0) is 26.2 Å². The van der Waals surface area contributed by atoms with E-state index in [1.807, 2.05) is 38.1 Å². The van der Waals surface area contributed by atoms with Crippen molar-refractivity contribution in [2.24, 2.45) is 0 Å². The Hall–Kier alpha value is -3.92. The van der Waals surface area contributed by atoms with E-state index in [0.717, 1.165) is 59.7 Å². The SMILES string of the molecule is CCOc1ccc(S(=O)(=O)N(CC(=O)N(Cc2ccc(C)cc2)[C@H](C)C(=O)NC2CCCCC2)c2ccc(F)cc2)cc1. The molecule has 1 saturated carbocycles. The average molecular weight is 610 g/mol. The number of aryl methyl sites for hydroxylation is 1. The molecule has 230 valence electrons. The number of anilines is 1. The van der Waals surface area contributed by atoms with E-state index in [-0.39, 0.29) is 29.1 Å². The highest BCUT2D eigenvalue weighted by Gasteiger charge is 2.33. The van der Waals surface area contributed by atoms with Crippen LogP contribution in [0.25, 0.3) is 0 Å². The summed E-state index contributed by atoms with van der Waals surface area (Å²) in [7, 11) is -4.27. The van der Waals surface area contributed by atoms with Gasteiger partial charge in [0.25, 0.3) is 10.0 Å².